The highest BCUT2D eigenvalue weighted by Crippen LogP contribution is 2.22. The molecular formula is C17H18F2O3. The summed E-state index contributed by atoms with van der Waals surface area (Å²) in [6, 6.07) is 6.28. The molecule has 1 aliphatic carbocycles. The number of esters is 1. The molecule has 2 rings (SSSR count). The van der Waals surface area contributed by atoms with Crippen LogP contribution in [0.2, 0.25) is 0 Å². The Morgan fingerprint density at radius 1 is 1.32 bits per heavy atom. The first kappa shape index (κ1) is 16.2. The molecule has 1 atom stereocenters. The van der Waals surface area contributed by atoms with Crippen molar-refractivity contribution in [1.82, 2.24) is 0 Å². The molecule has 0 aliphatic heterocycles. The number of para-hydroxylation sites is 1. The molecule has 0 saturated carbocycles. The number of carbonyl (C=O) groups excluding carboxylic acids is 1. The topological polar surface area (TPSA) is 35.5 Å². The first-order chi connectivity index (χ1) is 10.6. The van der Waals surface area contributed by atoms with E-state index < -0.39 is 12.6 Å². The Morgan fingerprint density at radius 2 is 2.14 bits per heavy atom. The molecule has 22 heavy (non-hydrogen) atoms. The summed E-state index contributed by atoms with van der Waals surface area (Å²) in [5.41, 5.74) is 0.403. The standard InChI is InChI=1S/C17H18F2O3/c18-17(19)22-15-9-5-4-8-14(15)10-11-16(20)21-12-13-6-2-1-3-7-13/h1-2,4-5,8-11,13,17H,3,6-7,12H2. The summed E-state index contributed by atoms with van der Waals surface area (Å²) in [5.74, 6) is -0.0998. The van der Waals surface area contributed by atoms with Crippen molar-refractivity contribution in [2.24, 2.45) is 5.92 Å². The highest BCUT2D eigenvalue weighted by molar-refractivity contribution is 5.87. The van der Waals surface area contributed by atoms with Gasteiger partial charge in [-0.15, -0.1) is 0 Å². The van der Waals surface area contributed by atoms with E-state index in [9.17, 15) is 13.6 Å². The molecule has 0 aromatic heterocycles. The van der Waals surface area contributed by atoms with E-state index in [-0.39, 0.29) is 5.75 Å². The zero-order valence-corrected chi connectivity index (χ0v) is 12.1. The number of ether oxygens (including phenoxy) is 2. The maximum absolute atomic E-state index is 12.3. The van der Waals surface area contributed by atoms with Gasteiger partial charge in [0, 0.05) is 11.6 Å². The fourth-order valence-electron chi connectivity index (χ4n) is 2.24. The summed E-state index contributed by atoms with van der Waals surface area (Å²) >= 11 is 0. The molecule has 0 N–H and O–H groups in total. The van der Waals surface area contributed by atoms with E-state index >= 15 is 0 Å². The third kappa shape index (κ3) is 5.31. The molecular weight excluding hydrogens is 290 g/mol. The third-order valence-corrected chi connectivity index (χ3v) is 3.37. The van der Waals surface area contributed by atoms with E-state index in [0.717, 1.165) is 19.3 Å². The predicted octanol–water partition coefficient (Wildman–Crippen LogP) is 4.20. The van der Waals surface area contributed by atoms with Gasteiger partial charge in [-0.05, 0) is 37.3 Å². The highest BCUT2D eigenvalue weighted by Gasteiger charge is 2.12. The monoisotopic (exact) mass is 308 g/mol. The van der Waals surface area contributed by atoms with Gasteiger partial charge in [-0.1, -0.05) is 30.4 Å². The van der Waals surface area contributed by atoms with E-state index in [4.69, 9.17) is 4.74 Å². The second kappa shape index (κ2) is 8.32. The van der Waals surface area contributed by atoms with Crippen LogP contribution >= 0.6 is 0 Å². The van der Waals surface area contributed by atoms with E-state index in [1.807, 2.05) is 0 Å². The van der Waals surface area contributed by atoms with Crippen LogP contribution in [0.3, 0.4) is 0 Å². The normalized spacial score (nSPS) is 17.9. The summed E-state index contributed by atoms with van der Waals surface area (Å²) < 4.78 is 34.1. The quantitative estimate of drug-likeness (QED) is 0.449. The van der Waals surface area contributed by atoms with Crippen LogP contribution < -0.4 is 4.74 Å². The van der Waals surface area contributed by atoms with E-state index in [2.05, 4.69) is 16.9 Å². The molecule has 1 aliphatic rings. The first-order valence-electron chi connectivity index (χ1n) is 7.19. The number of alkyl halides is 2. The maximum Gasteiger partial charge on any atom is 0.387 e. The van der Waals surface area contributed by atoms with Gasteiger partial charge in [0.2, 0.25) is 0 Å². The van der Waals surface area contributed by atoms with Crippen molar-refractivity contribution in [3.8, 4) is 5.75 Å². The van der Waals surface area contributed by atoms with Crippen molar-refractivity contribution < 1.29 is 23.0 Å². The number of rotatable bonds is 6. The number of halogens is 2. The Labute approximate surface area is 128 Å². The maximum atomic E-state index is 12.3. The van der Waals surface area contributed by atoms with Crippen LogP contribution in [-0.2, 0) is 9.53 Å². The van der Waals surface area contributed by atoms with Gasteiger partial charge in [0.25, 0.3) is 0 Å². The molecule has 1 unspecified atom stereocenters. The molecule has 0 saturated heterocycles. The van der Waals surface area contributed by atoms with Gasteiger partial charge in [0.1, 0.15) is 5.75 Å². The summed E-state index contributed by atoms with van der Waals surface area (Å²) in [6.07, 6.45) is 9.80. The lowest BCUT2D eigenvalue weighted by atomic mass is 9.95. The van der Waals surface area contributed by atoms with Crippen LogP contribution in [0.4, 0.5) is 8.78 Å². The predicted molar refractivity (Wildman–Crippen MR) is 79.5 cm³/mol. The zero-order valence-electron chi connectivity index (χ0n) is 12.1. The second-order valence-corrected chi connectivity index (χ2v) is 5.03. The SMILES string of the molecule is O=C(C=Cc1ccccc1OC(F)F)OCC1CC=CCC1. The molecule has 0 radical (unpaired) electrons. The first-order valence-corrected chi connectivity index (χ1v) is 7.19. The molecule has 0 heterocycles. The fourth-order valence-corrected chi connectivity index (χ4v) is 2.24. The van der Waals surface area contributed by atoms with Gasteiger partial charge in [0.15, 0.2) is 0 Å². The van der Waals surface area contributed by atoms with Crippen LogP contribution in [0.15, 0.2) is 42.5 Å². The largest absolute Gasteiger partial charge is 0.462 e. The van der Waals surface area contributed by atoms with Gasteiger partial charge in [-0.2, -0.15) is 8.78 Å². The molecule has 1 aromatic rings. The highest BCUT2D eigenvalue weighted by atomic mass is 19.3. The number of allylic oxidation sites excluding steroid dienone is 2. The number of benzene rings is 1. The second-order valence-electron chi connectivity index (χ2n) is 5.03. The molecule has 3 nitrogen and oxygen atoms in total. The number of carbonyl (C=O) groups is 1. The lowest BCUT2D eigenvalue weighted by Gasteiger charge is -2.16. The Balaban J connectivity index is 1.88. The van der Waals surface area contributed by atoms with Crippen LogP contribution in [-0.4, -0.2) is 19.2 Å². The van der Waals surface area contributed by atoms with Crippen molar-refractivity contribution in [2.75, 3.05) is 6.61 Å². The summed E-state index contributed by atoms with van der Waals surface area (Å²) in [4.78, 5) is 11.7. The molecule has 0 spiro atoms. The molecule has 118 valence electrons. The van der Waals surface area contributed by atoms with Gasteiger partial charge in [-0.25, -0.2) is 4.79 Å². The Hall–Kier alpha value is -2.17. The Bertz CT molecular complexity index is 553. The lowest BCUT2D eigenvalue weighted by molar-refractivity contribution is -0.139. The van der Waals surface area contributed by atoms with Gasteiger partial charge < -0.3 is 9.47 Å². The van der Waals surface area contributed by atoms with Gasteiger partial charge in [0.05, 0.1) is 6.61 Å². The van der Waals surface area contributed by atoms with E-state index in [1.165, 1.54) is 18.2 Å². The Kier molecular flexibility index (Phi) is 6.13. The van der Waals surface area contributed by atoms with Crippen LogP contribution in [0.25, 0.3) is 6.08 Å². The molecule has 0 bridgehead atoms. The summed E-state index contributed by atoms with van der Waals surface area (Å²) in [5, 5.41) is 0. The van der Waals surface area contributed by atoms with Crippen LogP contribution in [0.5, 0.6) is 5.75 Å². The van der Waals surface area contributed by atoms with Crippen molar-refractivity contribution in [2.45, 2.75) is 25.9 Å². The molecule has 5 heteroatoms. The number of hydrogen-bond acceptors (Lipinski definition) is 3. The average molecular weight is 308 g/mol. The minimum Gasteiger partial charge on any atom is -0.462 e. The zero-order chi connectivity index (χ0) is 15.8. The number of hydrogen-bond donors (Lipinski definition) is 0. The van der Waals surface area contributed by atoms with Crippen LogP contribution in [0.1, 0.15) is 24.8 Å². The smallest absolute Gasteiger partial charge is 0.387 e. The average Bonchev–Trinajstić information content (AvgIpc) is 2.52. The van der Waals surface area contributed by atoms with Crippen molar-refractivity contribution in [1.29, 1.82) is 0 Å². The lowest BCUT2D eigenvalue weighted by Crippen LogP contribution is -2.13. The Morgan fingerprint density at radius 3 is 2.86 bits per heavy atom. The minimum absolute atomic E-state index is 0.0268. The minimum atomic E-state index is -2.90. The molecule has 0 amide bonds. The summed E-state index contributed by atoms with van der Waals surface area (Å²) in [7, 11) is 0. The summed E-state index contributed by atoms with van der Waals surface area (Å²) in [6.45, 7) is -2.52. The van der Waals surface area contributed by atoms with Gasteiger partial charge >= 0.3 is 12.6 Å². The van der Waals surface area contributed by atoms with E-state index in [1.54, 1.807) is 18.2 Å². The van der Waals surface area contributed by atoms with Crippen molar-refractivity contribution in [3.63, 3.8) is 0 Å². The third-order valence-electron chi connectivity index (χ3n) is 3.37. The van der Waals surface area contributed by atoms with Gasteiger partial charge in [-0.3, -0.25) is 0 Å². The fraction of sp³-hybridized carbons (Fsp3) is 0.353. The van der Waals surface area contributed by atoms with Crippen molar-refractivity contribution in [3.05, 3.63) is 48.1 Å². The van der Waals surface area contributed by atoms with Crippen molar-refractivity contribution >= 4 is 12.0 Å². The molecule has 1 aromatic carbocycles. The molecule has 0 fully saturated rings. The van der Waals surface area contributed by atoms with Crippen LogP contribution in [0, 0.1) is 5.92 Å². The van der Waals surface area contributed by atoms with E-state index in [0.29, 0.717) is 18.1 Å².